The molecule has 0 radical (unpaired) electrons. The van der Waals surface area contributed by atoms with Crippen molar-refractivity contribution in [2.24, 2.45) is 5.73 Å². The molecule has 0 saturated carbocycles. The average Bonchev–Trinajstić information content (AvgIpc) is 1.90. The van der Waals surface area contributed by atoms with Crippen molar-refractivity contribution in [3.8, 4) is 0 Å². The number of hydrogen-bond acceptors (Lipinski definition) is 1. The van der Waals surface area contributed by atoms with Crippen molar-refractivity contribution in [2.75, 3.05) is 0 Å². The number of hydrogen-bond donors (Lipinski definition) is 1. The maximum atomic E-state index is 5.41. The molecule has 0 aliphatic rings. The quantitative estimate of drug-likeness (QED) is 0.688. The van der Waals surface area contributed by atoms with Crippen molar-refractivity contribution in [2.45, 2.75) is 6.54 Å². The molecule has 1 aromatic rings. The Balaban J connectivity index is 2.88. The summed E-state index contributed by atoms with van der Waals surface area (Å²) < 4.78 is 1.45. The SMILES string of the molecule is NCc1cc[c]([BiH2])cc1. The third-order valence-corrected chi connectivity index (χ3v) is 2.71. The summed E-state index contributed by atoms with van der Waals surface area (Å²) in [7, 11) is 0. The van der Waals surface area contributed by atoms with Crippen molar-refractivity contribution in [3.63, 3.8) is 0 Å². The summed E-state index contributed by atoms with van der Waals surface area (Å²) in [5, 5.41) is 0. The molecule has 1 aromatic carbocycles. The van der Waals surface area contributed by atoms with Crippen LogP contribution in [0.3, 0.4) is 0 Å². The molecule has 0 bridgehead atoms. The molecule has 0 fully saturated rings. The fourth-order valence-corrected chi connectivity index (χ4v) is 1.40. The summed E-state index contributed by atoms with van der Waals surface area (Å²) in [6.07, 6.45) is 0. The second-order valence-electron chi connectivity index (χ2n) is 1.95. The van der Waals surface area contributed by atoms with Crippen LogP contribution in [-0.2, 0) is 6.54 Å². The second kappa shape index (κ2) is 3.29. The van der Waals surface area contributed by atoms with Crippen LogP contribution in [-0.4, -0.2) is 24.7 Å². The van der Waals surface area contributed by atoms with E-state index in [0.717, 1.165) is 24.7 Å². The Morgan fingerprint density at radius 1 is 1.22 bits per heavy atom. The third kappa shape index (κ3) is 2.04. The summed E-state index contributed by atoms with van der Waals surface area (Å²) in [5.41, 5.74) is 6.64. The van der Waals surface area contributed by atoms with E-state index in [1.807, 2.05) is 0 Å². The van der Waals surface area contributed by atoms with Gasteiger partial charge in [0.2, 0.25) is 0 Å². The molecule has 0 aromatic heterocycles. The average molecular weight is 317 g/mol. The van der Waals surface area contributed by atoms with Crippen molar-refractivity contribution >= 4 is 28.0 Å². The molecule has 9 heavy (non-hydrogen) atoms. The Kier molecular flexibility index (Phi) is 2.62. The van der Waals surface area contributed by atoms with Gasteiger partial charge in [0, 0.05) is 0 Å². The molecule has 0 unspecified atom stereocenters. The zero-order valence-corrected chi connectivity index (χ0v) is 9.66. The van der Waals surface area contributed by atoms with Crippen LogP contribution in [0.25, 0.3) is 0 Å². The van der Waals surface area contributed by atoms with Crippen LogP contribution in [0.5, 0.6) is 0 Å². The molecule has 0 heterocycles. The van der Waals surface area contributed by atoms with Gasteiger partial charge in [0.05, 0.1) is 0 Å². The van der Waals surface area contributed by atoms with E-state index in [0.29, 0.717) is 6.54 Å². The minimum absolute atomic E-state index is 0.658. The van der Waals surface area contributed by atoms with E-state index >= 15 is 0 Å². The molecule has 0 spiro atoms. The van der Waals surface area contributed by atoms with Gasteiger partial charge in [0.1, 0.15) is 0 Å². The van der Waals surface area contributed by atoms with E-state index in [1.165, 1.54) is 8.83 Å². The summed E-state index contributed by atoms with van der Waals surface area (Å²) in [6.45, 7) is 0.658. The molecule has 0 atom stereocenters. The van der Waals surface area contributed by atoms with Gasteiger partial charge >= 0.3 is 70.1 Å². The van der Waals surface area contributed by atoms with E-state index in [4.69, 9.17) is 5.73 Å². The number of nitrogens with two attached hydrogens (primary N) is 1. The first-order valence-electron chi connectivity index (χ1n) is 2.87. The molecular weight excluding hydrogens is 307 g/mol. The van der Waals surface area contributed by atoms with Gasteiger partial charge in [-0.15, -0.1) is 0 Å². The molecule has 0 amide bonds. The zero-order valence-electron chi connectivity index (χ0n) is 5.17. The minimum atomic E-state index is 0.658. The fraction of sp³-hybridized carbons (Fsp3) is 0.143. The normalized spacial score (nSPS) is 9.56. The van der Waals surface area contributed by atoms with Gasteiger partial charge in [-0.3, -0.25) is 0 Å². The van der Waals surface area contributed by atoms with Crippen LogP contribution in [0, 0.1) is 0 Å². The first-order chi connectivity index (χ1) is 4.33. The third-order valence-electron chi connectivity index (χ3n) is 1.22. The van der Waals surface area contributed by atoms with Crippen LogP contribution in [0.4, 0.5) is 0 Å². The predicted molar refractivity (Wildman–Crippen MR) is 42.5 cm³/mol. The van der Waals surface area contributed by atoms with Crippen LogP contribution in [0.2, 0.25) is 0 Å². The summed E-state index contributed by atoms with van der Waals surface area (Å²) in [6, 6.07) is 8.48. The van der Waals surface area contributed by atoms with Crippen LogP contribution < -0.4 is 9.01 Å². The van der Waals surface area contributed by atoms with Crippen molar-refractivity contribution in [1.82, 2.24) is 0 Å². The molecule has 0 saturated heterocycles. The molecule has 2 N–H and O–H groups in total. The first kappa shape index (κ1) is 7.17. The van der Waals surface area contributed by atoms with Crippen LogP contribution in [0.1, 0.15) is 5.56 Å². The number of benzene rings is 1. The monoisotopic (exact) mass is 317 g/mol. The van der Waals surface area contributed by atoms with E-state index in [9.17, 15) is 0 Å². The Morgan fingerprint density at radius 2 is 1.78 bits per heavy atom. The van der Waals surface area contributed by atoms with E-state index in [1.54, 1.807) is 0 Å². The van der Waals surface area contributed by atoms with E-state index in [-0.39, 0.29) is 0 Å². The van der Waals surface area contributed by atoms with Crippen molar-refractivity contribution in [3.05, 3.63) is 29.8 Å². The summed E-state index contributed by atoms with van der Waals surface area (Å²) in [5.74, 6) is 0. The van der Waals surface area contributed by atoms with Gasteiger partial charge in [-0.25, -0.2) is 0 Å². The Hall–Kier alpha value is 0.0631. The first-order valence-corrected chi connectivity index (χ1v) is 5.12. The van der Waals surface area contributed by atoms with Gasteiger partial charge in [0.15, 0.2) is 0 Å². The fourth-order valence-electron chi connectivity index (χ4n) is 0.654. The van der Waals surface area contributed by atoms with Crippen molar-refractivity contribution in [1.29, 1.82) is 0 Å². The molecule has 48 valence electrons. The molecule has 0 aliphatic heterocycles. The van der Waals surface area contributed by atoms with Crippen molar-refractivity contribution < 1.29 is 0 Å². The molecule has 1 nitrogen and oxygen atoms in total. The topological polar surface area (TPSA) is 26.0 Å². The summed E-state index contributed by atoms with van der Waals surface area (Å²) in [4.78, 5) is 0. The van der Waals surface area contributed by atoms with Crippen LogP contribution >= 0.6 is 0 Å². The molecule has 0 aliphatic carbocycles. The second-order valence-corrected chi connectivity index (χ2v) is 4.54. The van der Waals surface area contributed by atoms with Gasteiger partial charge in [-0.2, -0.15) is 0 Å². The maximum absolute atomic E-state index is 5.41. The van der Waals surface area contributed by atoms with E-state index in [2.05, 4.69) is 24.3 Å². The van der Waals surface area contributed by atoms with Crippen LogP contribution in [0.15, 0.2) is 24.3 Å². The molecule has 1 rings (SSSR count). The predicted octanol–water partition coefficient (Wildman–Crippen LogP) is -0.596. The van der Waals surface area contributed by atoms with Gasteiger partial charge in [-0.05, 0) is 0 Å². The summed E-state index contributed by atoms with van der Waals surface area (Å²) >= 11 is 0.946. The Bertz CT molecular complexity index is 181. The molecule has 2 heteroatoms. The van der Waals surface area contributed by atoms with Gasteiger partial charge in [0.25, 0.3) is 0 Å². The standard InChI is InChI=1S/C7H8N.Bi.2H/c8-6-7-4-2-1-3-5-7;;;/h2-5H,6,8H2;;;. The number of rotatable bonds is 1. The van der Waals surface area contributed by atoms with Gasteiger partial charge < -0.3 is 0 Å². The zero-order chi connectivity index (χ0) is 6.69. The van der Waals surface area contributed by atoms with Gasteiger partial charge in [-0.1, -0.05) is 0 Å². The Labute approximate surface area is 70.1 Å². The van der Waals surface area contributed by atoms with E-state index < -0.39 is 0 Å². The Morgan fingerprint density at radius 3 is 2.22 bits per heavy atom. The molecular formula is C7H10BiN.